The largest absolute Gasteiger partial charge is 0.481 e. The molecule has 2 N–H and O–H groups in total. The maximum atomic E-state index is 12.4. The van der Waals surface area contributed by atoms with Crippen LogP contribution in [-0.2, 0) is 9.59 Å². The lowest BCUT2D eigenvalue weighted by Crippen LogP contribution is -2.41. The van der Waals surface area contributed by atoms with E-state index in [1.165, 1.54) is 0 Å². The van der Waals surface area contributed by atoms with Crippen LogP contribution in [0, 0.1) is 5.41 Å². The molecule has 2 heterocycles. The lowest BCUT2D eigenvalue weighted by Gasteiger charge is -2.23. The fourth-order valence-electron chi connectivity index (χ4n) is 3.53. The number of likely N-dealkylation sites (tertiary alicyclic amines) is 1. The van der Waals surface area contributed by atoms with Crippen LogP contribution in [0.1, 0.15) is 44.7 Å². The SMILES string of the molecule is CC(NC(=O)N1CCC(C)(C(=O)O)C1)c1ccc(N2CCCC2=O)cc1. The molecule has 0 saturated carbocycles. The monoisotopic (exact) mass is 359 g/mol. The van der Waals surface area contributed by atoms with Crippen molar-refractivity contribution >= 4 is 23.6 Å². The summed E-state index contributed by atoms with van der Waals surface area (Å²) in [5.41, 5.74) is 0.949. The molecule has 2 atom stereocenters. The quantitative estimate of drug-likeness (QED) is 0.864. The molecule has 26 heavy (non-hydrogen) atoms. The van der Waals surface area contributed by atoms with Crippen molar-refractivity contribution in [3.8, 4) is 0 Å². The van der Waals surface area contributed by atoms with Crippen molar-refractivity contribution in [1.82, 2.24) is 10.2 Å². The molecule has 2 unspecified atom stereocenters. The first-order valence-electron chi connectivity index (χ1n) is 8.99. The van der Waals surface area contributed by atoms with Gasteiger partial charge in [0.25, 0.3) is 0 Å². The second-order valence-electron chi connectivity index (χ2n) is 7.45. The van der Waals surface area contributed by atoms with Gasteiger partial charge in [-0.3, -0.25) is 9.59 Å². The zero-order valence-electron chi connectivity index (χ0n) is 15.2. The minimum Gasteiger partial charge on any atom is -0.481 e. The summed E-state index contributed by atoms with van der Waals surface area (Å²) in [4.78, 5) is 38.9. The fourth-order valence-corrected chi connectivity index (χ4v) is 3.53. The molecule has 1 aromatic carbocycles. The first kappa shape index (κ1) is 18.2. The molecule has 1 aromatic rings. The van der Waals surface area contributed by atoms with Gasteiger partial charge >= 0.3 is 12.0 Å². The molecule has 2 aliphatic heterocycles. The lowest BCUT2D eigenvalue weighted by molar-refractivity contribution is -0.147. The Morgan fingerprint density at radius 1 is 1.23 bits per heavy atom. The molecule has 7 heteroatoms. The molecule has 0 aliphatic carbocycles. The Balaban J connectivity index is 1.59. The third-order valence-electron chi connectivity index (χ3n) is 5.40. The van der Waals surface area contributed by atoms with E-state index in [1.54, 1.807) is 16.7 Å². The van der Waals surface area contributed by atoms with E-state index in [4.69, 9.17) is 0 Å². The average molecular weight is 359 g/mol. The lowest BCUT2D eigenvalue weighted by atomic mass is 9.90. The Hall–Kier alpha value is -2.57. The maximum absolute atomic E-state index is 12.4. The van der Waals surface area contributed by atoms with E-state index in [2.05, 4.69) is 5.32 Å². The van der Waals surface area contributed by atoms with Crippen LogP contribution in [0.4, 0.5) is 10.5 Å². The van der Waals surface area contributed by atoms with Crippen molar-refractivity contribution in [1.29, 1.82) is 0 Å². The van der Waals surface area contributed by atoms with Gasteiger partial charge in [0.2, 0.25) is 5.91 Å². The highest BCUT2D eigenvalue weighted by Crippen LogP contribution is 2.30. The molecule has 7 nitrogen and oxygen atoms in total. The Morgan fingerprint density at radius 2 is 1.92 bits per heavy atom. The normalized spacial score (nSPS) is 24.0. The van der Waals surface area contributed by atoms with Crippen molar-refractivity contribution in [3.63, 3.8) is 0 Å². The van der Waals surface area contributed by atoms with Crippen molar-refractivity contribution in [2.75, 3.05) is 24.5 Å². The van der Waals surface area contributed by atoms with E-state index in [0.717, 1.165) is 24.2 Å². The van der Waals surface area contributed by atoms with E-state index in [-0.39, 0.29) is 24.5 Å². The van der Waals surface area contributed by atoms with Crippen LogP contribution in [0.15, 0.2) is 24.3 Å². The Labute approximate surface area is 153 Å². The molecule has 3 amide bonds. The van der Waals surface area contributed by atoms with Gasteiger partial charge in [-0.05, 0) is 44.4 Å². The molecule has 0 bridgehead atoms. The van der Waals surface area contributed by atoms with E-state index in [1.807, 2.05) is 31.2 Å². The van der Waals surface area contributed by atoms with Gasteiger partial charge in [0, 0.05) is 31.7 Å². The van der Waals surface area contributed by atoms with Gasteiger partial charge < -0.3 is 20.2 Å². The van der Waals surface area contributed by atoms with E-state index in [9.17, 15) is 19.5 Å². The number of hydrogen-bond acceptors (Lipinski definition) is 3. The molecular weight excluding hydrogens is 334 g/mol. The Morgan fingerprint density at radius 3 is 2.46 bits per heavy atom. The van der Waals surface area contributed by atoms with Crippen LogP contribution in [0.5, 0.6) is 0 Å². The summed E-state index contributed by atoms with van der Waals surface area (Å²) in [5.74, 6) is -0.720. The number of anilines is 1. The van der Waals surface area contributed by atoms with Gasteiger partial charge in [-0.15, -0.1) is 0 Å². The first-order valence-corrected chi connectivity index (χ1v) is 8.99. The third-order valence-corrected chi connectivity index (χ3v) is 5.40. The van der Waals surface area contributed by atoms with Crippen LogP contribution in [-0.4, -0.2) is 47.5 Å². The van der Waals surface area contributed by atoms with Gasteiger partial charge in [0.05, 0.1) is 11.5 Å². The van der Waals surface area contributed by atoms with Crippen molar-refractivity contribution in [3.05, 3.63) is 29.8 Å². The molecule has 0 spiro atoms. The first-order chi connectivity index (χ1) is 12.3. The summed E-state index contributed by atoms with van der Waals surface area (Å²) in [7, 11) is 0. The number of urea groups is 1. The standard InChI is InChI=1S/C19H25N3O4/c1-13(20-18(26)21-11-9-19(2,12-21)17(24)25)14-5-7-15(8-6-14)22-10-3-4-16(22)23/h5-8,13H,3-4,9-12H2,1-2H3,(H,20,26)(H,24,25). The number of carboxylic acid groups (broad SMARTS) is 1. The van der Waals surface area contributed by atoms with Gasteiger partial charge in [0.15, 0.2) is 0 Å². The van der Waals surface area contributed by atoms with Crippen LogP contribution in [0.3, 0.4) is 0 Å². The van der Waals surface area contributed by atoms with Gasteiger partial charge in [-0.25, -0.2) is 4.79 Å². The number of carboxylic acids is 1. The number of amides is 3. The maximum Gasteiger partial charge on any atom is 0.317 e. The molecule has 0 aromatic heterocycles. The average Bonchev–Trinajstić information content (AvgIpc) is 3.22. The van der Waals surface area contributed by atoms with Crippen molar-refractivity contribution in [2.24, 2.45) is 5.41 Å². The van der Waals surface area contributed by atoms with Gasteiger partial charge in [-0.1, -0.05) is 12.1 Å². The second-order valence-corrected chi connectivity index (χ2v) is 7.45. The molecule has 2 fully saturated rings. The number of hydrogen-bond donors (Lipinski definition) is 2. The molecule has 2 saturated heterocycles. The molecule has 140 valence electrons. The van der Waals surface area contributed by atoms with E-state index >= 15 is 0 Å². The highest BCUT2D eigenvalue weighted by molar-refractivity contribution is 5.95. The fraction of sp³-hybridized carbons (Fsp3) is 0.526. The highest BCUT2D eigenvalue weighted by Gasteiger charge is 2.42. The van der Waals surface area contributed by atoms with Crippen molar-refractivity contribution in [2.45, 2.75) is 39.2 Å². The summed E-state index contributed by atoms with van der Waals surface area (Å²) in [6, 6.07) is 7.18. The minimum absolute atomic E-state index is 0.148. The predicted molar refractivity (Wildman–Crippen MR) is 96.9 cm³/mol. The minimum atomic E-state index is -0.871. The summed E-state index contributed by atoms with van der Waals surface area (Å²) in [6.07, 6.45) is 1.94. The number of aliphatic carboxylic acids is 1. The van der Waals surface area contributed by atoms with Crippen LogP contribution in [0.25, 0.3) is 0 Å². The molecule has 0 radical (unpaired) electrons. The Bertz CT molecular complexity index is 718. The summed E-state index contributed by atoms with van der Waals surface area (Å²) >= 11 is 0. The zero-order chi connectivity index (χ0) is 18.9. The van der Waals surface area contributed by atoms with E-state index in [0.29, 0.717) is 19.4 Å². The topological polar surface area (TPSA) is 89.9 Å². The zero-order valence-corrected chi connectivity index (χ0v) is 15.2. The Kier molecular flexibility index (Phi) is 4.89. The van der Waals surface area contributed by atoms with Crippen LogP contribution < -0.4 is 10.2 Å². The van der Waals surface area contributed by atoms with E-state index < -0.39 is 11.4 Å². The second kappa shape index (κ2) is 6.97. The van der Waals surface area contributed by atoms with Gasteiger partial charge in [0.1, 0.15) is 0 Å². The molecular formula is C19H25N3O4. The number of nitrogens with zero attached hydrogens (tertiary/aromatic N) is 2. The van der Waals surface area contributed by atoms with Crippen molar-refractivity contribution < 1.29 is 19.5 Å². The number of nitrogens with one attached hydrogen (secondary N) is 1. The van der Waals surface area contributed by atoms with Gasteiger partial charge in [-0.2, -0.15) is 0 Å². The predicted octanol–water partition coefficient (Wildman–Crippen LogP) is 2.38. The smallest absolute Gasteiger partial charge is 0.317 e. The number of carbonyl (C=O) groups is 3. The number of rotatable bonds is 4. The van der Waals surface area contributed by atoms with Crippen LogP contribution in [0.2, 0.25) is 0 Å². The highest BCUT2D eigenvalue weighted by atomic mass is 16.4. The molecule has 2 aliphatic rings. The number of benzene rings is 1. The summed E-state index contributed by atoms with van der Waals surface area (Å²) < 4.78 is 0. The van der Waals surface area contributed by atoms with Crippen LogP contribution >= 0.6 is 0 Å². The third kappa shape index (κ3) is 3.52. The molecule has 3 rings (SSSR count). The summed E-state index contributed by atoms with van der Waals surface area (Å²) in [5, 5.41) is 12.2. The number of carbonyl (C=O) groups excluding carboxylic acids is 2. The summed E-state index contributed by atoms with van der Waals surface area (Å²) in [6.45, 7) is 4.97.